The molecule has 6 nitrogen and oxygen atoms in total. The number of nitrogens with zero attached hydrogens (tertiary/aromatic N) is 2. The number of aryl methyl sites for hydroxylation is 4. The van der Waals surface area contributed by atoms with Gasteiger partial charge < -0.3 is 28.7 Å². The van der Waals surface area contributed by atoms with Crippen LogP contribution >= 0.6 is 0 Å². The molecular formula is C56H52N2O4. The first kappa shape index (κ1) is 40.5. The number of hydrogen-bond donors (Lipinski definition) is 0. The Morgan fingerprint density at radius 1 is 0.419 bits per heavy atom. The van der Waals surface area contributed by atoms with Crippen molar-refractivity contribution < 1.29 is 18.9 Å². The molecule has 0 spiro atoms. The number of hydrogen-bond acceptors (Lipinski definition) is 6. The van der Waals surface area contributed by atoms with Gasteiger partial charge in [-0.15, -0.1) is 0 Å². The Bertz CT molecular complexity index is 2470. The lowest BCUT2D eigenvalue weighted by molar-refractivity contribution is 0.263. The van der Waals surface area contributed by atoms with E-state index in [1.807, 2.05) is 24.3 Å². The van der Waals surface area contributed by atoms with Crippen LogP contribution in [-0.2, 0) is 9.47 Å². The maximum Gasteiger partial charge on any atom is 0.119 e. The molecule has 2 atom stereocenters. The highest BCUT2D eigenvalue weighted by atomic mass is 16.6. The van der Waals surface area contributed by atoms with Crippen LogP contribution in [0.5, 0.6) is 11.5 Å². The number of ether oxygens (including phenoxy) is 4. The van der Waals surface area contributed by atoms with Gasteiger partial charge >= 0.3 is 0 Å². The summed E-state index contributed by atoms with van der Waals surface area (Å²) in [6, 6.07) is 56.0. The topological polar surface area (TPSA) is 50.0 Å². The molecule has 0 saturated carbocycles. The smallest absolute Gasteiger partial charge is 0.119 e. The van der Waals surface area contributed by atoms with Gasteiger partial charge in [-0.05, 0) is 146 Å². The van der Waals surface area contributed by atoms with E-state index in [1.165, 1.54) is 22.3 Å². The van der Waals surface area contributed by atoms with E-state index < -0.39 is 0 Å². The van der Waals surface area contributed by atoms with Gasteiger partial charge in [-0.2, -0.15) is 0 Å². The zero-order valence-electron chi connectivity index (χ0n) is 35.8. The van der Waals surface area contributed by atoms with Crippen LogP contribution in [0, 0.1) is 27.7 Å². The van der Waals surface area contributed by atoms with Crippen molar-refractivity contribution in [2.24, 2.45) is 0 Å². The van der Waals surface area contributed by atoms with E-state index >= 15 is 0 Å². The summed E-state index contributed by atoms with van der Waals surface area (Å²) >= 11 is 0. The van der Waals surface area contributed by atoms with Gasteiger partial charge in [0, 0.05) is 34.1 Å². The van der Waals surface area contributed by atoms with Crippen LogP contribution < -0.4 is 19.3 Å². The summed E-state index contributed by atoms with van der Waals surface area (Å²) < 4.78 is 22.5. The maximum atomic E-state index is 5.92. The third-order valence-corrected chi connectivity index (χ3v) is 11.2. The first-order chi connectivity index (χ1) is 30.3. The van der Waals surface area contributed by atoms with Crippen LogP contribution in [-0.4, -0.2) is 38.6 Å². The third-order valence-electron chi connectivity index (χ3n) is 11.2. The normalized spacial score (nSPS) is 15.5. The fourth-order valence-electron chi connectivity index (χ4n) is 7.63. The van der Waals surface area contributed by atoms with Gasteiger partial charge in [0.15, 0.2) is 0 Å². The Morgan fingerprint density at radius 3 is 1.00 bits per heavy atom. The van der Waals surface area contributed by atoms with Crippen LogP contribution in [0.15, 0.2) is 158 Å². The molecule has 2 fully saturated rings. The summed E-state index contributed by atoms with van der Waals surface area (Å²) in [7, 11) is 0. The molecule has 2 heterocycles. The molecule has 2 saturated heterocycles. The maximum absolute atomic E-state index is 5.92. The van der Waals surface area contributed by atoms with Crippen molar-refractivity contribution in [3.05, 3.63) is 202 Å². The zero-order valence-corrected chi connectivity index (χ0v) is 35.8. The molecule has 7 aromatic carbocycles. The van der Waals surface area contributed by atoms with Crippen molar-refractivity contribution in [3.63, 3.8) is 0 Å². The first-order valence-electron chi connectivity index (χ1n) is 21.4. The highest BCUT2D eigenvalue weighted by Crippen LogP contribution is 2.39. The molecule has 310 valence electrons. The Balaban J connectivity index is 0.860. The molecule has 0 aliphatic carbocycles. The summed E-state index contributed by atoms with van der Waals surface area (Å²) in [6.45, 7) is 11.4. The number of anilines is 6. The molecule has 2 aliphatic rings. The van der Waals surface area contributed by atoms with E-state index in [9.17, 15) is 0 Å². The van der Waals surface area contributed by atoms with E-state index in [1.54, 1.807) is 0 Å². The first-order valence-corrected chi connectivity index (χ1v) is 21.4. The summed E-state index contributed by atoms with van der Waals surface area (Å²) in [4.78, 5) is 4.61. The van der Waals surface area contributed by atoms with Crippen molar-refractivity contribution in [2.75, 3.05) is 36.2 Å². The number of epoxide rings is 2. The lowest BCUT2D eigenvalue weighted by atomic mass is 10.1. The molecule has 0 bridgehead atoms. The lowest BCUT2D eigenvalue weighted by Gasteiger charge is -2.27. The molecule has 7 aromatic rings. The number of benzene rings is 7. The van der Waals surface area contributed by atoms with E-state index in [2.05, 4.69) is 195 Å². The van der Waals surface area contributed by atoms with E-state index in [0.717, 1.165) is 81.1 Å². The second-order valence-corrected chi connectivity index (χ2v) is 16.3. The van der Waals surface area contributed by atoms with Gasteiger partial charge in [0.05, 0.1) is 13.2 Å². The average Bonchev–Trinajstić information content (AvgIpc) is 4.24. The van der Waals surface area contributed by atoms with E-state index in [4.69, 9.17) is 18.9 Å². The van der Waals surface area contributed by atoms with Crippen LogP contribution in [0.2, 0.25) is 0 Å². The molecule has 0 aromatic heterocycles. The van der Waals surface area contributed by atoms with Gasteiger partial charge in [-0.3, -0.25) is 0 Å². The minimum absolute atomic E-state index is 0.226. The highest BCUT2D eigenvalue weighted by molar-refractivity contribution is 5.82. The Morgan fingerprint density at radius 2 is 0.710 bits per heavy atom. The largest absolute Gasteiger partial charge is 0.491 e. The molecule has 9 rings (SSSR count). The highest BCUT2D eigenvalue weighted by Gasteiger charge is 2.24. The monoisotopic (exact) mass is 816 g/mol. The van der Waals surface area contributed by atoms with Gasteiger partial charge in [0.25, 0.3) is 0 Å². The minimum atomic E-state index is 0.226. The summed E-state index contributed by atoms with van der Waals surface area (Å²) in [5.74, 6) is 1.70. The van der Waals surface area contributed by atoms with Crippen molar-refractivity contribution in [1.82, 2.24) is 0 Å². The van der Waals surface area contributed by atoms with Gasteiger partial charge in [-0.25, -0.2) is 0 Å². The second kappa shape index (κ2) is 18.4. The molecule has 2 aliphatic heterocycles. The fourth-order valence-corrected chi connectivity index (χ4v) is 7.63. The molecular weight excluding hydrogens is 765 g/mol. The van der Waals surface area contributed by atoms with Crippen molar-refractivity contribution in [2.45, 2.75) is 39.9 Å². The van der Waals surface area contributed by atoms with Crippen molar-refractivity contribution >= 4 is 58.4 Å². The standard InChI is InChI=1S/C56H52N2O4/c1-39-5-31-55(41(3)33-39)57(49-23-27-51(28-24-49)59-35-53-37-61-53)47-19-15-45(16-20-47)13-11-43-7-9-44(10-8-43)12-14-46-17-21-48(22-18-46)58(56-32-6-40(2)34-42(56)4)50-25-29-52(30-26-50)60-36-54-38-62-54/h5-34,53-54H,35-38H2,1-4H3/b13-11+,14-12+. The molecule has 6 heteroatoms. The Kier molecular flexibility index (Phi) is 12.0. The van der Waals surface area contributed by atoms with Crippen LogP contribution in [0.3, 0.4) is 0 Å². The van der Waals surface area contributed by atoms with Gasteiger partial charge in [-0.1, -0.05) is 108 Å². The third kappa shape index (κ3) is 10.2. The van der Waals surface area contributed by atoms with Crippen molar-refractivity contribution in [1.29, 1.82) is 0 Å². The van der Waals surface area contributed by atoms with Gasteiger partial charge in [0.2, 0.25) is 0 Å². The van der Waals surface area contributed by atoms with Crippen LogP contribution in [0.25, 0.3) is 24.3 Å². The molecule has 0 amide bonds. The molecule has 2 unspecified atom stereocenters. The zero-order chi connectivity index (χ0) is 42.4. The van der Waals surface area contributed by atoms with Crippen LogP contribution in [0.1, 0.15) is 44.5 Å². The fraction of sp³-hybridized carbons (Fsp3) is 0.179. The molecule has 0 radical (unpaired) electrons. The van der Waals surface area contributed by atoms with E-state index in [0.29, 0.717) is 13.2 Å². The summed E-state index contributed by atoms with van der Waals surface area (Å²) in [5.41, 5.74) is 16.1. The predicted molar refractivity (Wildman–Crippen MR) is 256 cm³/mol. The lowest BCUT2D eigenvalue weighted by Crippen LogP contribution is -2.11. The molecule has 0 N–H and O–H groups in total. The predicted octanol–water partition coefficient (Wildman–Crippen LogP) is 13.8. The van der Waals surface area contributed by atoms with Crippen LogP contribution in [0.4, 0.5) is 34.1 Å². The Hall–Kier alpha value is -6.86. The quantitative estimate of drug-likeness (QED) is 0.0715. The van der Waals surface area contributed by atoms with Crippen molar-refractivity contribution in [3.8, 4) is 11.5 Å². The SMILES string of the molecule is Cc1ccc(N(c2ccc(/C=C/c3ccc(/C=C/c4ccc(N(c5ccc(OCC6CO6)cc5)c5ccc(C)cc5C)cc4)cc3)cc2)c2ccc(OCC3CO3)cc2)c(C)c1. The summed E-state index contributed by atoms with van der Waals surface area (Å²) in [6.07, 6.45) is 9.12. The van der Waals surface area contributed by atoms with E-state index in [-0.39, 0.29) is 12.2 Å². The average molecular weight is 817 g/mol. The minimum Gasteiger partial charge on any atom is -0.491 e. The summed E-state index contributed by atoms with van der Waals surface area (Å²) in [5, 5.41) is 0. The molecule has 62 heavy (non-hydrogen) atoms. The Labute approximate surface area is 365 Å². The number of rotatable bonds is 16. The second-order valence-electron chi connectivity index (χ2n) is 16.3. The van der Waals surface area contributed by atoms with Gasteiger partial charge in [0.1, 0.15) is 36.9 Å².